The number of hydrogen-bond acceptors (Lipinski definition) is 3. The second-order valence-electron chi connectivity index (χ2n) is 5.90. The summed E-state index contributed by atoms with van der Waals surface area (Å²) in [7, 11) is 0. The van der Waals surface area contributed by atoms with Crippen LogP contribution >= 0.6 is 0 Å². The van der Waals surface area contributed by atoms with Crippen LogP contribution in [0.2, 0.25) is 5.21 Å². The second-order valence-corrected chi connectivity index (χ2v) is 8.91. The molecule has 1 aromatic heterocycles. The van der Waals surface area contributed by atoms with Crippen LogP contribution < -0.4 is 4.74 Å². The molecule has 3 nitrogen and oxygen atoms in total. The molecule has 0 aliphatic heterocycles. The van der Waals surface area contributed by atoms with Crippen molar-refractivity contribution in [2.45, 2.75) is 16.3 Å². The van der Waals surface area contributed by atoms with Crippen molar-refractivity contribution in [2.24, 2.45) is 0 Å². The van der Waals surface area contributed by atoms with Crippen LogP contribution in [0.15, 0.2) is 67.0 Å². The summed E-state index contributed by atoms with van der Waals surface area (Å²) in [5.41, 5.74) is 1.45. The molecule has 1 heterocycles. The number of hydrogen-bond donors (Lipinski definition) is 1. The van der Waals surface area contributed by atoms with Gasteiger partial charge in [0.05, 0.1) is 0 Å². The van der Waals surface area contributed by atoms with Crippen molar-refractivity contribution in [3.63, 3.8) is 0 Å². The van der Waals surface area contributed by atoms with Crippen LogP contribution in [0.25, 0.3) is 0 Å². The van der Waals surface area contributed by atoms with Crippen molar-refractivity contribution in [2.75, 3.05) is 6.61 Å². The number of ether oxygens (including phenoxy) is 1. The van der Waals surface area contributed by atoms with Crippen LogP contribution in [0.3, 0.4) is 0 Å². The van der Waals surface area contributed by atoms with Crippen molar-refractivity contribution in [1.29, 1.82) is 0 Å². The van der Waals surface area contributed by atoms with Gasteiger partial charge in [-0.15, -0.1) is 0 Å². The molecule has 2 aromatic carbocycles. The first-order valence-electron chi connectivity index (χ1n) is 8.56. The van der Waals surface area contributed by atoms with Gasteiger partial charge in [0.15, 0.2) is 0 Å². The van der Waals surface area contributed by atoms with Crippen LogP contribution in [0, 0.1) is 11.6 Å². The van der Waals surface area contributed by atoms with E-state index in [1.54, 1.807) is 42.7 Å². The van der Waals surface area contributed by atoms with Gasteiger partial charge < -0.3 is 0 Å². The third-order valence-electron chi connectivity index (χ3n) is 4.03. The Kier molecular flexibility index (Phi) is 6.97. The monoisotopic (exact) mass is 430 g/mol. The summed E-state index contributed by atoms with van der Waals surface area (Å²) >= 11 is -0.370. The average molecular weight is 430 g/mol. The number of rotatable bonds is 8. The van der Waals surface area contributed by atoms with E-state index >= 15 is 4.39 Å². The van der Waals surface area contributed by atoms with Crippen LogP contribution in [0.1, 0.15) is 15.8 Å². The number of aromatic nitrogens is 1. The second kappa shape index (κ2) is 9.63. The molecular formula is C21H19AsF2NO2. The van der Waals surface area contributed by atoms with Gasteiger partial charge in [0, 0.05) is 0 Å². The Morgan fingerprint density at radius 2 is 1.74 bits per heavy atom. The Hall–Kier alpha value is -2.23. The standard InChI is InChI=1S/C21H19AsF2NO2/c23-19-7-6-17(20(24)21(19)27-16-4-2-1-3-5-16)18(22-10-13-26)14-15-8-11-25-12-9-15/h1-9,11-12,18,26H,10,13-14H2/t18-/m0/s1. The van der Waals surface area contributed by atoms with Gasteiger partial charge in [-0.1, -0.05) is 0 Å². The number of aliphatic hydroxyl groups excluding tert-OH is 1. The summed E-state index contributed by atoms with van der Waals surface area (Å²) in [6.07, 6.45) is 4.00. The third-order valence-corrected chi connectivity index (χ3v) is 6.88. The molecule has 0 aliphatic carbocycles. The van der Waals surface area contributed by atoms with Crippen molar-refractivity contribution >= 4 is 15.8 Å². The normalized spacial score (nSPS) is 12.4. The summed E-state index contributed by atoms with van der Waals surface area (Å²) in [6, 6.07) is 15.1. The van der Waals surface area contributed by atoms with E-state index in [0.29, 0.717) is 22.9 Å². The van der Waals surface area contributed by atoms with E-state index < -0.39 is 11.6 Å². The molecule has 0 amide bonds. The van der Waals surface area contributed by atoms with E-state index in [9.17, 15) is 9.50 Å². The van der Waals surface area contributed by atoms with E-state index in [1.165, 1.54) is 12.1 Å². The first-order valence-corrected chi connectivity index (χ1v) is 11.0. The molecule has 6 heteroatoms. The van der Waals surface area contributed by atoms with Gasteiger partial charge in [0.1, 0.15) is 0 Å². The molecule has 0 spiro atoms. The zero-order valence-corrected chi connectivity index (χ0v) is 16.4. The van der Waals surface area contributed by atoms with E-state index in [2.05, 4.69) is 4.98 Å². The van der Waals surface area contributed by atoms with E-state index in [0.717, 1.165) is 5.56 Å². The zero-order chi connectivity index (χ0) is 19.1. The molecule has 1 N–H and O–H groups in total. The quantitative estimate of drug-likeness (QED) is 0.534. The number of benzene rings is 2. The summed E-state index contributed by atoms with van der Waals surface area (Å²) in [5, 5.41) is 9.85. The molecule has 1 atom stereocenters. The van der Waals surface area contributed by atoms with Gasteiger partial charge in [0.25, 0.3) is 0 Å². The van der Waals surface area contributed by atoms with Gasteiger partial charge in [-0.2, -0.15) is 0 Å². The van der Waals surface area contributed by atoms with Gasteiger partial charge >= 0.3 is 164 Å². The van der Waals surface area contributed by atoms with Gasteiger partial charge in [-0.3, -0.25) is 0 Å². The minimum absolute atomic E-state index is 0.0586. The van der Waals surface area contributed by atoms with Gasteiger partial charge in [-0.25, -0.2) is 0 Å². The zero-order valence-electron chi connectivity index (χ0n) is 14.6. The number of nitrogens with zero attached hydrogens (tertiary/aromatic N) is 1. The Morgan fingerprint density at radius 3 is 2.44 bits per heavy atom. The molecule has 0 fully saturated rings. The van der Waals surface area contributed by atoms with Crippen molar-refractivity contribution in [3.05, 3.63) is 89.8 Å². The van der Waals surface area contributed by atoms with Crippen LogP contribution in [0.5, 0.6) is 11.5 Å². The number of halogens is 2. The third kappa shape index (κ3) is 5.15. The molecule has 0 unspecified atom stereocenters. The summed E-state index contributed by atoms with van der Waals surface area (Å²) in [6.45, 7) is 0.0586. The van der Waals surface area contributed by atoms with Crippen LogP contribution in [-0.2, 0) is 6.42 Å². The minimum atomic E-state index is -0.735. The van der Waals surface area contributed by atoms with E-state index in [4.69, 9.17) is 4.74 Å². The fourth-order valence-electron chi connectivity index (χ4n) is 2.73. The Balaban J connectivity index is 1.93. The molecule has 139 valence electrons. The van der Waals surface area contributed by atoms with Crippen LogP contribution in [-0.4, -0.2) is 32.4 Å². The molecule has 0 bridgehead atoms. The Morgan fingerprint density at radius 1 is 1.00 bits per heavy atom. The molecule has 1 radical (unpaired) electrons. The molecule has 0 saturated heterocycles. The summed E-state index contributed by atoms with van der Waals surface area (Å²) < 4.78 is 34.8. The molecule has 0 aliphatic rings. The van der Waals surface area contributed by atoms with E-state index in [1.807, 2.05) is 12.1 Å². The molecule has 27 heavy (non-hydrogen) atoms. The predicted molar refractivity (Wildman–Crippen MR) is 101 cm³/mol. The molecule has 3 rings (SSSR count). The number of pyridine rings is 1. The first kappa shape index (κ1) is 19.5. The topological polar surface area (TPSA) is 42.4 Å². The van der Waals surface area contributed by atoms with Crippen LogP contribution in [0.4, 0.5) is 8.78 Å². The maximum absolute atomic E-state index is 15.2. The molecular weight excluding hydrogens is 411 g/mol. The van der Waals surface area contributed by atoms with Crippen molar-refractivity contribution in [3.8, 4) is 11.5 Å². The summed E-state index contributed by atoms with van der Waals surface area (Å²) in [5.74, 6) is -1.42. The van der Waals surface area contributed by atoms with Gasteiger partial charge in [0.2, 0.25) is 0 Å². The Bertz CT molecular complexity index is 863. The Labute approximate surface area is 163 Å². The number of para-hydroxylation sites is 1. The summed E-state index contributed by atoms with van der Waals surface area (Å²) in [4.78, 5) is 4.00. The van der Waals surface area contributed by atoms with Crippen molar-refractivity contribution in [1.82, 2.24) is 4.98 Å². The first-order chi connectivity index (χ1) is 13.2. The molecule has 3 aromatic rings. The fourth-order valence-corrected chi connectivity index (χ4v) is 5.17. The fraction of sp³-hybridized carbons (Fsp3) is 0.190. The average Bonchev–Trinajstić information content (AvgIpc) is 2.70. The van der Waals surface area contributed by atoms with E-state index in [-0.39, 0.29) is 32.8 Å². The van der Waals surface area contributed by atoms with Crippen molar-refractivity contribution < 1.29 is 18.6 Å². The molecule has 0 saturated carbocycles. The predicted octanol–water partition coefficient (Wildman–Crippen LogP) is 4.55. The van der Waals surface area contributed by atoms with Gasteiger partial charge in [-0.05, 0) is 0 Å². The SMILES string of the molecule is OCC[As][C@@H](Cc1ccncc1)c1ccc(F)c(Oc2ccccc2)c1F. The number of aliphatic hydroxyl groups is 1. The maximum atomic E-state index is 15.2.